The van der Waals surface area contributed by atoms with Gasteiger partial charge < -0.3 is 4.40 Å². The third kappa shape index (κ3) is 1.95. The summed E-state index contributed by atoms with van der Waals surface area (Å²) in [4.78, 5) is 15.2. The Morgan fingerprint density at radius 1 is 1.50 bits per heavy atom. The minimum absolute atomic E-state index is 0.479. The quantitative estimate of drug-likeness (QED) is 0.768. The van der Waals surface area contributed by atoms with Gasteiger partial charge in [0.25, 0.3) is 0 Å². The first-order chi connectivity index (χ1) is 7.61. The van der Waals surface area contributed by atoms with Crippen LogP contribution in [0.25, 0.3) is 5.52 Å². The maximum Gasteiger partial charge on any atom is 0.170 e. The van der Waals surface area contributed by atoms with Gasteiger partial charge in [-0.25, -0.2) is 4.98 Å². The fraction of sp³-hybridized carbons (Fsp3) is 0.333. The van der Waals surface area contributed by atoms with E-state index in [0.717, 1.165) is 24.0 Å². The van der Waals surface area contributed by atoms with Crippen molar-refractivity contribution in [1.82, 2.24) is 9.38 Å². The topological polar surface area (TPSA) is 34.4 Å². The Morgan fingerprint density at radius 2 is 2.25 bits per heavy atom. The van der Waals surface area contributed by atoms with E-state index in [4.69, 9.17) is 11.6 Å². The van der Waals surface area contributed by atoms with E-state index in [1.165, 1.54) is 0 Å². The van der Waals surface area contributed by atoms with Gasteiger partial charge in [-0.2, -0.15) is 0 Å². The number of nitrogens with zero attached hydrogens (tertiary/aromatic N) is 2. The summed E-state index contributed by atoms with van der Waals surface area (Å²) < 4.78 is 1.89. The molecule has 0 fully saturated rings. The number of aldehydes is 1. The zero-order chi connectivity index (χ0) is 11.7. The summed E-state index contributed by atoms with van der Waals surface area (Å²) in [6, 6.07) is 3.59. The first-order valence-corrected chi connectivity index (χ1v) is 5.61. The van der Waals surface area contributed by atoms with Crippen molar-refractivity contribution in [3.63, 3.8) is 0 Å². The van der Waals surface area contributed by atoms with Crippen molar-refractivity contribution in [3.05, 3.63) is 34.9 Å². The van der Waals surface area contributed by atoms with Gasteiger partial charge in [0.05, 0.1) is 10.5 Å². The molecule has 2 aromatic rings. The lowest BCUT2D eigenvalue weighted by atomic mass is 10.1. The van der Waals surface area contributed by atoms with Crippen LogP contribution >= 0.6 is 11.6 Å². The largest absolute Gasteiger partial charge is 0.301 e. The highest BCUT2D eigenvalue weighted by atomic mass is 35.5. The SMILES string of the molecule is CC(C)Cc1nc(C=O)c2ccc(Cl)cn12. The molecule has 0 spiro atoms. The van der Waals surface area contributed by atoms with E-state index in [-0.39, 0.29) is 0 Å². The molecule has 0 unspecified atom stereocenters. The van der Waals surface area contributed by atoms with E-state index < -0.39 is 0 Å². The average Bonchev–Trinajstić information content (AvgIpc) is 2.55. The minimum Gasteiger partial charge on any atom is -0.301 e. The van der Waals surface area contributed by atoms with Crippen molar-refractivity contribution in [2.24, 2.45) is 5.92 Å². The molecule has 4 heteroatoms. The highest BCUT2D eigenvalue weighted by Crippen LogP contribution is 2.18. The molecule has 0 saturated heterocycles. The number of imidazole rings is 1. The number of hydrogen-bond acceptors (Lipinski definition) is 2. The lowest BCUT2D eigenvalue weighted by Crippen LogP contribution is -2.00. The monoisotopic (exact) mass is 236 g/mol. The van der Waals surface area contributed by atoms with Crippen molar-refractivity contribution < 1.29 is 4.79 Å². The molecule has 2 heterocycles. The summed E-state index contributed by atoms with van der Waals surface area (Å²) in [5.41, 5.74) is 1.29. The van der Waals surface area contributed by atoms with Crippen LogP contribution in [0, 0.1) is 5.92 Å². The number of carbonyl (C=O) groups excluding carboxylic acids is 1. The predicted octanol–water partition coefficient (Wildman–Crippen LogP) is 3.00. The lowest BCUT2D eigenvalue weighted by molar-refractivity contribution is 0.112. The van der Waals surface area contributed by atoms with E-state index in [2.05, 4.69) is 18.8 Å². The van der Waals surface area contributed by atoms with E-state index in [1.54, 1.807) is 12.3 Å². The van der Waals surface area contributed by atoms with Crippen LogP contribution < -0.4 is 0 Å². The molecule has 0 aromatic carbocycles. The fourth-order valence-corrected chi connectivity index (χ4v) is 1.90. The van der Waals surface area contributed by atoms with Gasteiger partial charge in [0.1, 0.15) is 11.5 Å². The second-order valence-electron chi connectivity index (χ2n) is 4.23. The Bertz CT molecular complexity index is 531. The Balaban J connectivity index is 2.64. The average molecular weight is 237 g/mol. The third-order valence-electron chi connectivity index (χ3n) is 2.40. The van der Waals surface area contributed by atoms with Crippen molar-refractivity contribution in [3.8, 4) is 0 Å². The van der Waals surface area contributed by atoms with Crippen molar-refractivity contribution in [1.29, 1.82) is 0 Å². The normalized spacial score (nSPS) is 11.2. The summed E-state index contributed by atoms with van der Waals surface area (Å²) in [7, 11) is 0. The maximum absolute atomic E-state index is 10.9. The molecular weight excluding hydrogens is 224 g/mol. The van der Waals surface area contributed by atoms with E-state index in [0.29, 0.717) is 16.6 Å². The third-order valence-corrected chi connectivity index (χ3v) is 2.63. The van der Waals surface area contributed by atoms with Crippen LogP contribution in [0.4, 0.5) is 0 Å². The van der Waals surface area contributed by atoms with Crippen LogP contribution in [-0.4, -0.2) is 15.7 Å². The molecule has 0 bridgehead atoms. The molecule has 16 heavy (non-hydrogen) atoms. The Morgan fingerprint density at radius 3 is 2.88 bits per heavy atom. The fourth-order valence-electron chi connectivity index (χ4n) is 1.74. The van der Waals surface area contributed by atoms with E-state index in [1.807, 2.05) is 10.5 Å². The number of fused-ring (bicyclic) bond motifs is 1. The summed E-state index contributed by atoms with van der Waals surface area (Å²) in [6.45, 7) is 4.23. The van der Waals surface area contributed by atoms with Gasteiger partial charge in [0, 0.05) is 12.6 Å². The van der Waals surface area contributed by atoms with Crippen LogP contribution in [0.1, 0.15) is 30.2 Å². The van der Waals surface area contributed by atoms with Crippen LogP contribution in [0.3, 0.4) is 0 Å². The Hall–Kier alpha value is -1.35. The van der Waals surface area contributed by atoms with Gasteiger partial charge in [-0.3, -0.25) is 4.79 Å². The Kier molecular flexibility index (Phi) is 2.97. The van der Waals surface area contributed by atoms with Gasteiger partial charge in [-0.15, -0.1) is 0 Å². The summed E-state index contributed by atoms with van der Waals surface area (Å²) in [5, 5.41) is 0.646. The zero-order valence-corrected chi connectivity index (χ0v) is 10.0. The smallest absolute Gasteiger partial charge is 0.170 e. The number of aromatic nitrogens is 2. The van der Waals surface area contributed by atoms with Gasteiger partial charge in [-0.1, -0.05) is 25.4 Å². The van der Waals surface area contributed by atoms with Crippen LogP contribution in [0.2, 0.25) is 5.02 Å². The molecule has 0 atom stereocenters. The number of halogens is 1. The molecule has 2 rings (SSSR count). The molecule has 3 nitrogen and oxygen atoms in total. The second-order valence-corrected chi connectivity index (χ2v) is 4.67. The Labute approximate surface area is 99.1 Å². The first-order valence-electron chi connectivity index (χ1n) is 5.23. The van der Waals surface area contributed by atoms with Crippen LogP contribution in [-0.2, 0) is 6.42 Å². The standard InChI is InChI=1S/C12H13ClN2O/c1-8(2)5-12-14-10(7-16)11-4-3-9(13)6-15(11)12/h3-4,6-8H,5H2,1-2H3. The van der Waals surface area contributed by atoms with Gasteiger partial charge >= 0.3 is 0 Å². The molecular formula is C12H13ClN2O. The number of hydrogen-bond donors (Lipinski definition) is 0. The van der Waals surface area contributed by atoms with E-state index >= 15 is 0 Å². The number of carbonyl (C=O) groups is 1. The lowest BCUT2D eigenvalue weighted by Gasteiger charge is -2.03. The van der Waals surface area contributed by atoms with Gasteiger partial charge in [0.2, 0.25) is 0 Å². The molecule has 0 aliphatic heterocycles. The minimum atomic E-state index is 0.479. The van der Waals surface area contributed by atoms with Crippen LogP contribution in [0.15, 0.2) is 18.3 Å². The summed E-state index contributed by atoms with van der Waals surface area (Å²) >= 11 is 5.94. The first kappa shape index (κ1) is 11.1. The predicted molar refractivity (Wildman–Crippen MR) is 64.1 cm³/mol. The molecule has 0 radical (unpaired) electrons. The molecule has 0 aliphatic carbocycles. The molecule has 84 valence electrons. The molecule has 2 aromatic heterocycles. The maximum atomic E-state index is 10.9. The number of pyridine rings is 1. The van der Waals surface area contributed by atoms with Crippen molar-refractivity contribution in [2.45, 2.75) is 20.3 Å². The molecule has 0 N–H and O–H groups in total. The zero-order valence-electron chi connectivity index (χ0n) is 9.27. The second kappa shape index (κ2) is 4.26. The molecule has 0 saturated carbocycles. The van der Waals surface area contributed by atoms with Crippen LogP contribution in [0.5, 0.6) is 0 Å². The van der Waals surface area contributed by atoms with E-state index in [9.17, 15) is 4.79 Å². The summed E-state index contributed by atoms with van der Waals surface area (Å²) in [6.07, 6.45) is 3.41. The molecule has 0 aliphatic rings. The highest BCUT2D eigenvalue weighted by molar-refractivity contribution is 6.30. The summed E-state index contributed by atoms with van der Waals surface area (Å²) in [5.74, 6) is 1.37. The van der Waals surface area contributed by atoms with Crippen molar-refractivity contribution >= 4 is 23.4 Å². The van der Waals surface area contributed by atoms with Gasteiger partial charge in [-0.05, 0) is 18.1 Å². The van der Waals surface area contributed by atoms with Crippen molar-refractivity contribution in [2.75, 3.05) is 0 Å². The molecule has 0 amide bonds. The highest BCUT2D eigenvalue weighted by Gasteiger charge is 2.11. The number of rotatable bonds is 3. The van der Waals surface area contributed by atoms with Gasteiger partial charge in [0.15, 0.2) is 6.29 Å².